The number of amides is 1. The topological polar surface area (TPSA) is 104 Å². The van der Waals surface area contributed by atoms with Crippen molar-refractivity contribution >= 4 is 34.1 Å². The monoisotopic (exact) mass is 422 g/mol. The first kappa shape index (κ1) is 23.0. The maximum absolute atomic E-state index is 12.6. The number of allylic oxidation sites excluding steroid dienone is 2. The number of nitrogens with zero attached hydrogens (tertiary/aromatic N) is 3. The molecule has 1 aliphatic rings. The fraction of sp³-hybridized carbons (Fsp3) is 0.600. The van der Waals surface area contributed by atoms with Crippen molar-refractivity contribution in [3.8, 4) is 0 Å². The SMILES string of the molecule is CC/C(C)=C(\C)N=C(C)C(=O)NC1CCN(c2nc(C)c(C(=O)O)s2)C[C@@H]1OC. The summed E-state index contributed by atoms with van der Waals surface area (Å²) >= 11 is 1.17. The Hall–Kier alpha value is -2.26. The largest absolute Gasteiger partial charge is 0.477 e. The Labute approximate surface area is 175 Å². The highest BCUT2D eigenvalue weighted by molar-refractivity contribution is 7.17. The van der Waals surface area contributed by atoms with Gasteiger partial charge in [-0.05, 0) is 40.5 Å². The van der Waals surface area contributed by atoms with Crippen LogP contribution in [0, 0.1) is 6.92 Å². The molecule has 1 unspecified atom stereocenters. The van der Waals surface area contributed by atoms with Crippen molar-refractivity contribution in [2.45, 2.75) is 59.6 Å². The van der Waals surface area contributed by atoms with Crippen LogP contribution in [0.1, 0.15) is 55.9 Å². The van der Waals surface area contributed by atoms with E-state index in [1.54, 1.807) is 21.0 Å². The molecule has 2 heterocycles. The van der Waals surface area contributed by atoms with Crippen LogP contribution in [0.2, 0.25) is 0 Å². The van der Waals surface area contributed by atoms with Crippen LogP contribution in [0.15, 0.2) is 16.3 Å². The van der Waals surface area contributed by atoms with Crippen LogP contribution >= 0.6 is 11.3 Å². The molecule has 1 fully saturated rings. The van der Waals surface area contributed by atoms with Gasteiger partial charge in [-0.2, -0.15) is 0 Å². The van der Waals surface area contributed by atoms with E-state index in [0.717, 1.165) is 17.7 Å². The molecule has 2 N–H and O–H groups in total. The van der Waals surface area contributed by atoms with E-state index in [1.807, 2.05) is 18.7 Å². The number of nitrogens with one attached hydrogen (secondary N) is 1. The molecular formula is C20H30N4O4S. The molecule has 2 atom stereocenters. The molecule has 0 saturated carbocycles. The number of hydrogen-bond donors (Lipinski definition) is 2. The number of hydrogen-bond acceptors (Lipinski definition) is 7. The van der Waals surface area contributed by atoms with E-state index in [-0.39, 0.29) is 22.9 Å². The molecule has 1 amide bonds. The smallest absolute Gasteiger partial charge is 0.347 e. The summed E-state index contributed by atoms with van der Waals surface area (Å²) in [7, 11) is 1.61. The number of carboxylic acid groups (broad SMARTS) is 1. The van der Waals surface area contributed by atoms with Crippen molar-refractivity contribution in [3.05, 3.63) is 21.8 Å². The molecular weight excluding hydrogens is 392 g/mol. The second-order valence-electron chi connectivity index (χ2n) is 7.22. The number of anilines is 1. The number of piperidine rings is 1. The van der Waals surface area contributed by atoms with E-state index in [2.05, 4.69) is 22.2 Å². The zero-order valence-corrected chi connectivity index (χ0v) is 18.7. The number of carbonyl (C=O) groups excluding carboxylic acids is 1. The molecule has 1 aromatic heterocycles. The number of carbonyl (C=O) groups is 2. The molecule has 0 spiro atoms. The number of thiazole rings is 1. The highest BCUT2D eigenvalue weighted by Crippen LogP contribution is 2.29. The molecule has 0 aromatic carbocycles. The summed E-state index contributed by atoms with van der Waals surface area (Å²) in [4.78, 5) is 34.9. The first-order chi connectivity index (χ1) is 13.7. The number of ether oxygens (including phenoxy) is 1. The van der Waals surface area contributed by atoms with Crippen molar-refractivity contribution in [2.75, 3.05) is 25.1 Å². The molecule has 0 radical (unpaired) electrons. The number of aryl methyl sites for hydroxylation is 1. The van der Waals surface area contributed by atoms with E-state index in [0.29, 0.717) is 36.0 Å². The lowest BCUT2D eigenvalue weighted by atomic mass is 10.0. The van der Waals surface area contributed by atoms with Gasteiger partial charge in [0.1, 0.15) is 10.6 Å². The van der Waals surface area contributed by atoms with Crippen LogP contribution in [0.25, 0.3) is 0 Å². The summed E-state index contributed by atoms with van der Waals surface area (Å²) in [6.07, 6.45) is 1.34. The number of aromatic carboxylic acids is 1. The van der Waals surface area contributed by atoms with Crippen LogP contribution in [0.4, 0.5) is 5.13 Å². The molecule has 160 valence electrons. The molecule has 1 aromatic rings. The van der Waals surface area contributed by atoms with Gasteiger partial charge < -0.3 is 20.1 Å². The Morgan fingerprint density at radius 3 is 2.62 bits per heavy atom. The third-order valence-corrected chi connectivity index (χ3v) is 6.45. The van der Waals surface area contributed by atoms with E-state index in [1.165, 1.54) is 11.3 Å². The zero-order valence-electron chi connectivity index (χ0n) is 17.9. The van der Waals surface area contributed by atoms with Crippen LogP contribution in [0.3, 0.4) is 0 Å². The number of aromatic nitrogens is 1. The Morgan fingerprint density at radius 1 is 1.38 bits per heavy atom. The molecule has 29 heavy (non-hydrogen) atoms. The van der Waals surface area contributed by atoms with Gasteiger partial charge in [0.05, 0.1) is 17.8 Å². The van der Waals surface area contributed by atoms with Crippen molar-refractivity contribution < 1.29 is 19.4 Å². The maximum Gasteiger partial charge on any atom is 0.347 e. The maximum atomic E-state index is 12.6. The van der Waals surface area contributed by atoms with Crippen LogP contribution in [0.5, 0.6) is 0 Å². The van der Waals surface area contributed by atoms with Gasteiger partial charge >= 0.3 is 5.97 Å². The van der Waals surface area contributed by atoms with Gasteiger partial charge in [0, 0.05) is 25.9 Å². The normalized spacial score (nSPS) is 21.0. The third kappa shape index (κ3) is 5.63. The minimum atomic E-state index is -0.964. The van der Waals surface area contributed by atoms with Crippen LogP contribution < -0.4 is 10.2 Å². The number of rotatable bonds is 7. The quantitative estimate of drug-likeness (QED) is 0.655. The van der Waals surface area contributed by atoms with Gasteiger partial charge in [-0.3, -0.25) is 9.79 Å². The minimum Gasteiger partial charge on any atom is -0.477 e. The summed E-state index contributed by atoms with van der Waals surface area (Å²) in [5, 5.41) is 12.9. The molecule has 0 bridgehead atoms. The van der Waals surface area contributed by atoms with Crippen molar-refractivity contribution in [1.82, 2.24) is 10.3 Å². The lowest BCUT2D eigenvalue weighted by Gasteiger charge is -2.37. The summed E-state index contributed by atoms with van der Waals surface area (Å²) in [5.74, 6) is -1.17. The zero-order chi connectivity index (χ0) is 21.7. The van der Waals surface area contributed by atoms with Gasteiger partial charge in [-0.15, -0.1) is 0 Å². The van der Waals surface area contributed by atoms with Crippen LogP contribution in [-0.2, 0) is 9.53 Å². The van der Waals surface area contributed by atoms with Crippen molar-refractivity contribution in [3.63, 3.8) is 0 Å². The first-order valence-corrected chi connectivity index (χ1v) is 10.5. The van der Waals surface area contributed by atoms with E-state index < -0.39 is 5.97 Å². The highest BCUT2D eigenvalue weighted by atomic mass is 32.1. The Balaban J connectivity index is 2.06. The molecule has 2 rings (SSSR count). The first-order valence-electron chi connectivity index (χ1n) is 9.68. The summed E-state index contributed by atoms with van der Waals surface area (Å²) in [5.41, 5.74) is 2.96. The number of carboxylic acids is 1. The second kappa shape index (κ2) is 9.98. The van der Waals surface area contributed by atoms with Crippen LogP contribution in [-0.4, -0.2) is 60.0 Å². The lowest BCUT2D eigenvalue weighted by Crippen LogP contribution is -2.55. The van der Waals surface area contributed by atoms with Gasteiger partial charge in [-0.25, -0.2) is 9.78 Å². The van der Waals surface area contributed by atoms with Gasteiger partial charge in [0.15, 0.2) is 5.13 Å². The predicted octanol–water partition coefficient (Wildman–Crippen LogP) is 3.02. The van der Waals surface area contributed by atoms with Gasteiger partial charge in [-0.1, -0.05) is 23.8 Å². The van der Waals surface area contributed by atoms with Gasteiger partial charge in [0.25, 0.3) is 5.91 Å². The Morgan fingerprint density at radius 2 is 2.07 bits per heavy atom. The highest BCUT2D eigenvalue weighted by Gasteiger charge is 2.32. The fourth-order valence-corrected chi connectivity index (χ4v) is 4.08. The van der Waals surface area contributed by atoms with Crippen molar-refractivity contribution in [1.29, 1.82) is 0 Å². The lowest BCUT2D eigenvalue weighted by molar-refractivity contribution is -0.116. The van der Waals surface area contributed by atoms with E-state index in [9.17, 15) is 14.7 Å². The van der Waals surface area contributed by atoms with Gasteiger partial charge in [0.2, 0.25) is 0 Å². The predicted molar refractivity (Wildman–Crippen MR) is 115 cm³/mol. The average molecular weight is 423 g/mol. The van der Waals surface area contributed by atoms with Crippen molar-refractivity contribution in [2.24, 2.45) is 4.99 Å². The summed E-state index contributed by atoms with van der Waals surface area (Å²) in [6, 6.07) is -0.148. The molecule has 9 heteroatoms. The second-order valence-corrected chi connectivity index (χ2v) is 8.20. The molecule has 8 nitrogen and oxygen atoms in total. The standard InChI is InChI=1S/C20H30N4O4S/c1-7-11(2)12(3)21-14(5)18(25)23-15-8-9-24(10-16(15)28-6)20-22-13(4)17(29-20)19(26)27/h15-16H,7-10H2,1-6H3,(H,23,25)(H,26,27)/b12-11+,21-14?/t15?,16-/m0/s1. The fourth-order valence-electron chi connectivity index (χ4n) is 3.14. The number of aliphatic imine (C=N–C) groups is 1. The third-order valence-electron chi connectivity index (χ3n) is 5.24. The molecule has 1 aliphatic heterocycles. The Kier molecular flexibility index (Phi) is 7.92. The molecule has 0 aliphatic carbocycles. The van der Waals surface area contributed by atoms with E-state index in [4.69, 9.17) is 4.74 Å². The molecule has 1 saturated heterocycles. The summed E-state index contributed by atoms with van der Waals surface area (Å²) < 4.78 is 5.61. The van der Waals surface area contributed by atoms with E-state index >= 15 is 0 Å². The summed E-state index contributed by atoms with van der Waals surface area (Å²) in [6.45, 7) is 10.6. The average Bonchev–Trinajstić information content (AvgIpc) is 3.09. The number of methoxy groups -OCH3 is 1. The minimum absolute atomic E-state index is 0.148. The Bertz CT molecular complexity index is 830.